The first-order valence-electron chi connectivity index (χ1n) is 5.32. The maximum absolute atomic E-state index is 11.4. The Morgan fingerprint density at radius 1 is 1.47 bits per heavy atom. The molecule has 0 amide bonds. The number of carbonyl (C=O) groups excluding carboxylic acids is 1. The Bertz CT molecular complexity index is 306. The van der Waals surface area contributed by atoms with Gasteiger partial charge < -0.3 is 5.11 Å². The summed E-state index contributed by atoms with van der Waals surface area (Å²) in [5.74, 6) is 0.140. The Hall–Kier alpha value is -1.22. The minimum Gasteiger partial charge on any atom is -0.396 e. The van der Waals surface area contributed by atoms with Crippen molar-refractivity contribution in [1.82, 2.24) is 4.98 Å². The van der Waals surface area contributed by atoms with Gasteiger partial charge >= 0.3 is 0 Å². The van der Waals surface area contributed by atoms with Crippen LogP contribution in [0, 0.1) is 0 Å². The minimum absolute atomic E-state index is 0.0773. The van der Waals surface area contributed by atoms with Crippen molar-refractivity contribution < 1.29 is 9.90 Å². The molecule has 82 valence electrons. The summed E-state index contributed by atoms with van der Waals surface area (Å²) >= 11 is 0. The van der Waals surface area contributed by atoms with Crippen LogP contribution in [0.25, 0.3) is 0 Å². The number of aliphatic hydroxyl groups is 1. The van der Waals surface area contributed by atoms with Gasteiger partial charge in [-0.3, -0.25) is 9.78 Å². The van der Waals surface area contributed by atoms with Crippen LogP contribution < -0.4 is 0 Å². The second-order valence-corrected chi connectivity index (χ2v) is 3.55. The second-order valence-electron chi connectivity index (χ2n) is 3.55. The van der Waals surface area contributed by atoms with Crippen LogP contribution in [-0.4, -0.2) is 22.5 Å². The van der Waals surface area contributed by atoms with Crippen molar-refractivity contribution in [1.29, 1.82) is 0 Å². The summed E-state index contributed by atoms with van der Waals surface area (Å²) < 4.78 is 0. The Balaban J connectivity index is 2.46. The van der Waals surface area contributed by atoms with Gasteiger partial charge in [-0.1, -0.05) is 13.0 Å². The molecule has 1 heterocycles. The lowest BCUT2D eigenvalue weighted by atomic mass is 10.1. The molecule has 1 aromatic rings. The molecule has 0 aliphatic rings. The molecule has 0 bridgehead atoms. The van der Waals surface area contributed by atoms with Crippen LogP contribution >= 0.6 is 0 Å². The van der Waals surface area contributed by atoms with E-state index in [9.17, 15) is 4.79 Å². The van der Waals surface area contributed by atoms with Gasteiger partial charge in [0.15, 0.2) is 0 Å². The highest BCUT2D eigenvalue weighted by molar-refractivity contribution is 5.80. The third-order valence-corrected chi connectivity index (χ3v) is 2.29. The van der Waals surface area contributed by atoms with Crippen LogP contribution in [0.4, 0.5) is 0 Å². The quantitative estimate of drug-likeness (QED) is 0.769. The third-order valence-electron chi connectivity index (χ3n) is 2.29. The summed E-state index contributed by atoms with van der Waals surface area (Å²) in [5, 5.41) is 8.58. The van der Waals surface area contributed by atoms with E-state index >= 15 is 0 Å². The minimum atomic E-state index is 0.0773. The predicted octanol–water partition coefficient (Wildman–Crippen LogP) is 1.53. The number of rotatable bonds is 6. The number of aryl methyl sites for hydroxylation is 1. The van der Waals surface area contributed by atoms with Crippen molar-refractivity contribution in [3.63, 3.8) is 0 Å². The first kappa shape index (κ1) is 11.9. The lowest BCUT2D eigenvalue weighted by Crippen LogP contribution is -2.05. The first-order chi connectivity index (χ1) is 7.26. The van der Waals surface area contributed by atoms with Crippen molar-refractivity contribution in [2.45, 2.75) is 32.6 Å². The summed E-state index contributed by atoms with van der Waals surface area (Å²) in [6.45, 7) is 2.15. The number of hydrogen-bond donors (Lipinski definition) is 1. The summed E-state index contributed by atoms with van der Waals surface area (Å²) in [6, 6.07) is 3.90. The van der Waals surface area contributed by atoms with E-state index in [0.717, 1.165) is 12.1 Å². The molecule has 0 aliphatic carbocycles. The van der Waals surface area contributed by atoms with Crippen molar-refractivity contribution in [3.8, 4) is 0 Å². The highest BCUT2D eigenvalue weighted by Crippen LogP contribution is 2.03. The zero-order valence-corrected chi connectivity index (χ0v) is 9.07. The molecule has 0 aliphatic heterocycles. The first-order valence-corrected chi connectivity index (χ1v) is 5.32. The Morgan fingerprint density at radius 2 is 2.27 bits per heavy atom. The molecule has 0 atom stereocenters. The zero-order valence-electron chi connectivity index (χ0n) is 9.07. The molecule has 0 fully saturated rings. The lowest BCUT2D eigenvalue weighted by Gasteiger charge is -2.01. The second kappa shape index (κ2) is 6.30. The van der Waals surface area contributed by atoms with E-state index in [1.807, 2.05) is 18.3 Å². The molecule has 0 unspecified atom stereocenters. The molecule has 1 N–H and O–H groups in total. The Kier molecular flexibility index (Phi) is 4.98. The van der Waals surface area contributed by atoms with Gasteiger partial charge in [0, 0.05) is 31.3 Å². The topological polar surface area (TPSA) is 50.2 Å². The summed E-state index contributed by atoms with van der Waals surface area (Å²) in [5.41, 5.74) is 2.00. The fourth-order valence-corrected chi connectivity index (χ4v) is 1.34. The fourth-order valence-electron chi connectivity index (χ4n) is 1.34. The molecule has 1 aromatic heterocycles. The van der Waals surface area contributed by atoms with Gasteiger partial charge in [0.05, 0.1) is 0 Å². The average Bonchev–Trinajstić information content (AvgIpc) is 2.27. The van der Waals surface area contributed by atoms with Gasteiger partial charge in [-0.25, -0.2) is 0 Å². The van der Waals surface area contributed by atoms with Crippen LogP contribution in [0.15, 0.2) is 18.3 Å². The molecule has 0 saturated heterocycles. The van der Waals surface area contributed by atoms with Gasteiger partial charge in [-0.15, -0.1) is 0 Å². The van der Waals surface area contributed by atoms with Crippen LogP contribution in [-0.2, 0) is 17.6 Å². The van der Waals surface area contributed by atoms with Crippen molar-refractivity contribution in [3.05, 3.63) is 29.6 Å². The van der Waals surface area contributed by atoms with E-state index in [0.29, 0.717) is 19.3 Å². The van der Waals surface area contributed by atoms with E-state index in [-0.39, 0.29) is 12.4 Å². The highest BCUT2D eigenvalue weighted by Gasteiger charge is 2.04. The molecule has 0 aromatic carbocycles. The molecule has 15 heavy (non-hydrogen) atoms. The van der Waals surface area contributed by atoms with Crippen LogP contribution in [0.5, 0.6) is 0 Å². The number of hydrogen-bond acceptors (Lipinski definition) is 3. The van der Waals surface area contributed by atoms with Crippen molar-refractivity contribution in [2.75, 3.05) is 6.61 Å². The highest BCUT2D eigenvalue weighted by atomic mass is 16.3. The zero-order chi connectivity index (χ0) is 11.1. The van der Waals surface area contributed by atoms with Crippen LogP contribution in [0.2, 0.25) is 0 Å². The molecular formula is C12H17NO2. The molecule has 0 spiro atoms. The number of aliphatic hydroxyl groups excluding tert-OH is 1. The van der Waals surface area contributed by atoms with Gasteiger partial charge in [-0.2, -0.15) is 0 Å². The van der Waals surface area contributed by atoms with Gasteiger partial charge in [0.25, 0.3) is 0 Å². The van der Waals surface area contributed by atoms with Gasteiger partial charge in [-0.05, 0) is 24.5 Å². The van der Waals surface area contributed by atoms with Crippen molar-refractivity contribution >= 4 is 5.78 Å². The van der Waals surface area contributed by atoms with E-state index in [4.69, 9.17) is 5.11 Å². The molecule has 0 saturated carbocycles. The largest absolute Gasteiger partial charge is 0.396 e. The molecule has 0 radical (unpaired) electrons. The Labute approximate surface area is 90.2 Å². The molecule has 3 heteroatoms. The SMILES string of the molecule is CCc1ccc(CC(=O)CCCO)nc1. The van der Waals surface area contributed by atoms with E-state index in [1.165, 1.54) is 5.56 Å². The third kappa shape index (κ3) is 4.21. The predicted molar refractivity (Wildman–Crippen MR) is 58.6 cm³/mol. The maximum Gasteiger partial charge on any atom is 0.138 e. The van der Waals surface area contributed by atoms with E-state index in [1.54, 1.807) is 0 Å². The number of aromatic nitrogens is 1. The van der Waals surface area contributed by atoms with Gasteiger partial charge in [0.2, 0.25) is 0 Å². The van der Waals surface area contributed by atoms with Crippen LogP contribution in [0.3, 0.4) is 0 Å². The van der Waals surface area contributed by atoms with Crippen molar-refractivity contribution in [2.24, 2.45) is 0 Å². The number of pyridine rings is 1. The number of ketones is 1. The molecular weight excluding hydrogens is 190 g/mol. The summed E-state index contributed by atoms with van der Waals surface area (Å²) in [7, 11) is 0. The van der Waals surface area contributed by atoms with Crippen LogP contribution in [0.1, 0.15) is 31.0 Å². The van der Waals surface area contributed by atoms with Gasteiger partial charge in [0.1, 0.15) is 5.78 Å². The van der Waals surface area contributed by atoms with E-state index < -0.39 is 0 Å². The number of nitrogens with zero attached hydrogens (tertiary/aromatic N) is 1. The number of carbonyl (C=O) groups is 1. The monoisotopic (exact) mass is 207 g/mol. The maximum atomic E-state index is 11.4. The molecule has 3 nitrogen and oxygen atoms in total. The summed E-state index contributed by atoms with van der Waals surface area (Å²) in [4.78, 5) is 15.6. The molecule has 1 rings (SSSR count). The summed E-state index contributed by atoms with van der Waals surface area (Å²) in [6.07, 6.45) is 4.14. The fraction of sp³-hybridized carbons (Fsp3) is 0.500. The van der Waals surface area contributed by atoms with E-state index in [2.05, 4.69) is 11.9 Å². The standard InChI is InChI=1S/C12H17NO2/c1-2-10-5-6-11(13-9-10)8-12(15)4-3-7-14/h5-6,9,14H,2-4,7-8H2,1H3. The average molecular weight is 207 g/mol. The Morgan fingerprint density at radius 3 is 2.80 bits per heavy atom. The lowest BCUT2D eigenvalue weighted by molar-refractivity contribution is -0.118. The number of Topliss-reactive ketones (excluding diaryl/α,β-unsaturated/α-hetero) is 1. The smallest absolute Gasteiger partial charge is 0.138 e. The normalized spacial score (nSPS) is 10.3.